The molecule has 1 aromatic rings. The fourth-order valence-corrected chi connectivity index (χ4v) is 5.55. The number of rotatable bonds is 4. The Labute approximate surface area is 127 Å². The second kappa shape index (κ2) is 4.83. The van der Waals surface area contributed by atoms with E-state index in [1.54, 1.807) is 11.3 Å². The normalized spacial score (nSPS) is 41.3. The molecule has 3 rings (SSSR count). The van der Waals surface area contributed by atoms with Gasteiger partial charge in [-0.15, -0.1) is 11.3 Å². The number of halogens is 1. The van der Waals surface area contributed by atoms with Crippen LogP contribution in [0.2, 0.25) is 0 Å². The highest BCUT2D eigenvalue weighted by Crippen LogP contribution is 2.57. The first-order chi connectivity index (χ1) is 8.96. The van der Waals surface area contributed by atoms with Gasteiger partial charge in [0.05, 0.1) is 23.9 Å². The molecule has 1 aromatic heterocycles. The number of ether oxygens (including phenoxy) is 2. The minimum absolute atomic E-state index is 0.0468. The molecule has 2 nitrogen and oxygen atoms in total. The first-order valence-corrected chi connectivity index (χ1v) is 8.74. The van der Waals surface area contributed by atoms with Crippen molar-refractivity contribution in [1.29, 1.82) is 0 Å². The van der Waals surface area contributed by atoms with Crippen LogP contribution >= 0.6 is 27.3 Å². The number of hydrogen-bond donors (Lipinski definition) is 0. The Kier molecular flexibility index (Phi) is 3.57. The Morgan fingerprint density at radius 1 is 1.53 bits per heavy atom. The molecule has 2 fully saturated rings. The topological polar surface area (TPSA) is 18.5 Å². The molecule has 0 N–H and O–H groups in total. The fourth-order valence-electron chi connectivity index (χ4n) is 3.47. The number of alkyl halides is 1. The molecule has 2 bridgehead atoms. The fraction of sp³-hybridized carbons (Fsp3) is 0.733. The van der Waals surface area contributed by atoms with Gasteiger partial charge in [-0.05, 0) is 30.7 Å². The van der Waals surface area contributed by atoms with Gasteiger partial charge in [0.2, 0.25) is 0 Å². The van der Waals surface area contributed by atoms with Crippen molar-refractivity contribution < 1.29 is 9.47 Å². The number of hydrogen-bond acceptors (Lipinski definition) is 3. The van der Waals surface area contributed by atoms with E-state index in [4.69, 9.17) is 9.47 Å². The summed E-state index contributed by atoms with van der Waals surface area (Å²) in [4.78, 5) is 1.74. The molecule has 106 valence electrons. The van der Waals surface area contributed by atoms with Crippen LogP contribution in [0.25, 0.3) is 0 Å². The van der Waals surface area contributed by atoms with Crippen LogP contribution in [-0.2, 0) is 16.1 Å². The summed E-state index contributed by atoms with van der Waals surface area (Å²) in [6.07, 6.45) is 2.26. The lowest BCUT2D eigenvalue weighted by molar-refractivity contribution is -0.0952. The quantitative estimate of drug-likeness (QED) is 0.755. The monoisotopic (exact) mass is 344 g/mol. The van der Waals surface area contributed by atoms with Crippen molar-refractivity contribution in [1.82, 2.24) is 0 Å². The zero-order chi connectivity index (χ0) is 13.7. The second-order valence-corrected chi connectivity index (χ2v) is 8.42. The maximum absolute atomic E-state index is 6.44. The third kappa shape index (κ3) is 2.21. The average Bonchev–Trinajstić information content (AvgIpc) is 2.98. The molecule has 0 spiro atoms. The standard InChI is InChI=1S/C15H21BrO2S/c1-10(2)15-8-13(14(3,18-15)7-12(15)16)17-9-11-5-4-6-19-11/h4-6,10,12-13H,7-9H2,1-3H3/t12-,13+,14-,15+/m0/s1. The summed E-state index contributed by atoms with van der Waals surface area (Å²) < 4.78 is 12.6. The van der Waals surface area contributed by atoms with E-state index in [0.29, 0.717) is 17.4 Å². The predicted molar refractivity (Wildman–Crippen MR) is 81.9 cm³/mol. The predicted octanol–water partition coefficient (Wildman–Crippen LogP) is 4.37. The molecule has 0 aliphatic carbocycles. The Bertz CT molecular complexity index is 447. The van der Waals surface area contributed by atoms with E-state index in [1.807, 2.05) is 0 Å². The van der Waals surface area contributed by atoms with Crippen LogP contribution in [0.5, 0.6) is 0 Å². The van der Waals surface area contributed by atoms with Crippen molar-refractivity contribution in [2.24, 2.45) is 5.92 Å². The molecule has 2 aliphatic rings. The molecule has 0 aromatic carbocycles. The van der Waals surface area contributed by atoms with Crippen LogP contribution < -0.4 is 0 Å². The van der Waals surface area contributed by atoms with Crippen molar-refractivity contribution in [2.45, 2.75) is 62.4 Å². The highest BCUT2D eigenvalue weighted by Gasteiger charge is 2.65. The molecule has 0 unspecified atom stereocenters. The summed E-state index contributed by atoms with van der Waals surface area (Å²) in [6.45, 7) is 7.42. The van der Waals surface area contributed by atoms with Crippen molar-refractivity contribution in [3.05, 3.63) is 22.4 Å². The van der Waals surface area contributed by atoms with Gasteiger partial charge in [0.1, 0.15) is 0 Å². The minimum Gasteiger partial charge on any atom is -0.370 e. The SMILES string of the molecule is CC(C)[C@]12C[C@@H](OCc3cccs3)[C@](C)(C[C@@H]1Br)O2. The molecule has 2 aliphatic heterocycles. The van der Waals surface area contributed by atoms with Crippen LogP contribution in [0, 0.1) is 5.92 Å². The Balaban J connectivity index is 1.72. The van der Waals surface area contributed by atoms with Gasteiger partial charge in [0.25, 0.3) is 0 Å². The van der Waals surface area contributed by atoms with Gasteiger partial charge in [0.15, 0.2) is 0 Å². The minimum atomic E-state index is -0.129. The average molecular weight is 345 g/mol. The Morgan fingerprint density at radius 2 is 2.32 bits per heavy atom. The second-order valence-electron chi connectivity index (χ2n) is 6.28. The summed E-state index contributed by atoms with van der Waals surface area (Å²) in [6, 6.07) is 4.21. The van der Waals surface area contributed by atoms with Crippen LogP contribution in [0.15, 0.2) is 17.5 Å². The third-order valence-corrected chi connectivity index (χ3v) is 6.66. The van der Waals surface area contributed by atoms with Gasteiger partial charge in [0, 0.05) is 16.1 Å². The molecular formula is C15H21BrO2S. The van der Waals surface area contributed by atoms with E-state index in [0.717, 1.165) is 12.8 Å². The molecule has 2 saturated heterocycles. The Hall–Kier alpha value is 0.1000. The zero-order valence-corrected chi connectivity index (χ0v) is 14.1. The lowest BCUT2D eigenvalue weighted by Crippen LogP contribution is -2.44. The lowest BCUT2D eigenvalue weighted by atomic mass is 9.75. The van der Waals surface area contributed by atoms with Gasteiger partial charge in [-0.1, -0.05) is 35.8 Å². The first-order valence-electron chi connectivity index (χ1n) is 6.94. The van der Waals surface area contributed by atoms with Crippen LogP contribution in [0.4, 0.5) is 0 Å². The molecule has 4 heteroatoms. The maximum Gasteiger partial charge on any atom is 0.0936 e. The van der Waals surface area contributed by atoms with E-state index in [9.17, 15) is 0 Å². The summed E-state index contributed by atoms with van der Waals surface area (Å²) >= 11 is 5.58. The summed E-state index contributed by atoms with van der Waals surface area (Å²) in [5.41, 5.74) is -0.176. The highest BCUT2D eigenvalue weighted by molar-refractivity contribution is 9.09. The summed E-state index contributed by atoms with van der Waals surface area (Å²) in [7, 11) is 0. The number of fused-ring (bicyclic) bond motifs is 2. The zero-order valence-electron chi connectivity index (χ0n) is 11.7. The molecule has 0 saturated carbocycles. The van der Waals surface area contributed by atoms with E-state index < -0.39 is 0 Å². The van der Waals surface area contributed by atoms with E-state index in [1.165, 1.54) is 4.88 Å². The van der Waals surface area contributed by atoms with E-state index in [-0.39, 0.29) is 17.3 Å². The van der Waals surface area contributed by atoms with Crippen LogP contribution in [0.3, 0.4) is 0 Å². The maximum atomic E-state index is 6.44. The van der Waals surface area contributed by atoms with Gasteiger partial charge in [-0.3, -0.25) is 0 Å². The lowest BCUT2D eigenvalue weighted by Gasteiger charge is -2.35. The largest absolute Gasteiger partial charge is 0.370 e. The van der Waals surface area contributed by atoms with Crippen LogP contribution in [-0.4, -0.2) is 22.1 Å². The van der Waals surface area contributed by atoms with Crippen LogP contribution in [0.1, 0.15) is 38.5 Å². The van der Waals surface area contributed by atoms with Gasteiger partial charge in [-0.25, -0.2) is 0 Å². The summed E-state index contributed by atoms with van der Waals surface area (Å²) in [5, 5.41) is 2.10. The molecule has 3 heterocycles. The van der Waals surface area contributed by atoms with Crippen molar-refractivity contribution in [3.63, 3.8) is 0 Å². The van der Waals surface area contributed by atoms with E-state index in [2.05, 4.69) is 54.2 Å². The van der Waals surface area contributed by atoms with E-state index >= 15 is 0 Å². The molecule has 4 atom stereocenters. The third-order valence-electron chi connectivity index (χ3n) is 4.71. The number of thiophene rings is 1. The molecule has 0 radical (unpaired) electrons. The summed E-state index contributed by atoms with van der Waals surface area (Å²) in [5.74, 6) is 0.508. The first kappa shape index (κ1) is 14.1. The van der Waals surface area contributed by atoms with Crippen molar-refractivity contribution in [2.75, 3.05) is 0 Å². The molecular weight excluding hydrogens is 324 g/mol. The van der Waals surface area contributed by atoms with Gasteiger partial charge in [-0.2, -0.15) is 0 Å². The molecule has 19 heavy (non-hydrogen) atoms. The van der Waals surface area contributed by atoms with Gasteiger partial charge >= 0.3 is 0 Å². The van der Waals surface area contributed by atoms with Crippen molar-refractivity contribution in [3.8, 4) is 0 Å². The Morgan fingerprint density at radius 3 is 2.89 bits per heavy atom. The highest BCUT2D eigenvalue weighted by atomic mass is 79.9. The van der Waals surface area contributed by atoms with Crippen molar-refractivity contribution >= 4 is 27.3 Å². The van der Waals surface area contributed by atoms with Gasteiger partial charge < -0.3 is 9.47 Å². The smallest absolute Gasteiger partial charge is 0.0936 e. The molecule has 0 amide bonds.